The lowest BCUT2D eigenvalue weighted by Gasteiger charge is -2.24. The van der Waals surface area contributed by atoms with Crippen LogP contribution in [-0.2, 0) is 22.3 Å². The maximum Gasteiger partial charge on any atom is 0.325 e. The van der Waals surface area contributed by atoms with Crippen molar-refractivity contribution in [2.45, 2.75) is 45.2 Å². The third-order valence-corrected chi connectivity index (χ3v) is 6.04. The molecule has 1 aliphatic heterocycles. The summed E-state index contributed by atoms with van der Waals surface area (Å²) in [6, 6.07) is 8.58. The standard InChI is InChI=1S/C21H22N4O3S/c1-20(2,3)13-5-7-14(8-6-13)21(4)17(27)25(18(28)23-21)12-15-11-16(26)24-9-10-29-19(24)22-15/h5-11H,12H2,1-4H3,(H,23,28)/t21-/m0/s1. The molecule has 4 rings (SSSR count). The second-order valence-corrected chi connectivity index (χ2v) is 9.29. The van der Waals surface area contributed by atoms with Crippen LogP contribution in [0.5, 0.6) is 0 Å². The number of nitrogens with one attached hydrogen (secondary N) is 1. The molecule has 1 atom stereocenters. The molecule has 3 amide bonds. The van der Waals surface area contributed by atoms with E-state index in [0.717, 1.165) is 10.5 Å². The molecular formula is C21H22N4O3S. The third-order valence-electron chi connectivity index (χ3n) is 5.28. The van der Waals surface area contributed by atoms with Crippen molar-refractivity contribution in [1.82, 2.24) is 19.6 Å². The van der Waals surface area contributed by atoms with Crippen molar-refractivity contribution >= 4 is 28.2 Å². The van der Waals surface area contributed by atoms with Crippen molar-refractivity contribution in [2.24, 2.45) is 0 Å². The van der Waals surface area contributed by atoms with E-state index in [1.54, 1.807) is 18.5 Å². The minimum Gasteiger partial charge on any atom is -0.319 e. The highest BCUT2D eigenvalue weighted by atomic mass is 32.1. The number of hydrogen-bond donors (Lipinski definition) is 1. The van der Waals surface area contributed by atoms with Crippen molar-refractivity contribution in [1.29, 1.82) is 0 Å². The number of rotatable bonds is 3. The molecule has 0 saturated carbocycles. The van der Waals surface area contributed by atoms with Crippen LogP contribution in [0.3, 0.4) is 0 Å². The van der Waals surface area contributed by atoms with Gasteiger partial charge in [0.2, 0.25) is 0 Å². The van der Waals surface area contributed by atoms with E-state index in [2.05, 4.69) is 31.1 Å². The molecule has 3 aromatic rings. The largest absolute Gasteiger partial charge is 0.325 e. The van der Waals surface area contributed by atoms with Crippen LogP contribution in [0.1, 0.15) is 44.5 Å². The number of carbonyl (C=O) groups excluding carboxylic acids is 2. The molecule has 7 nitrogen and oxygen atoms in total. The molecule has 2 aromatic heterocycles. The lowest BCUT2D eigenvalue weighted by Crippen LogP contribution is -2.41. The lowest BCUT2D eigenvalue weighted by molar-refractivity contribution is -0.131. The molecule has 1 aromatic carbocycles. The van der Waals surface area contributed by atoms with Crippen molar-refractivity contribution in [3.8, 4) is 0 Å². The molecule has 1 fully saturated rings. The van der Waals surface area contributed by atoms with E-state index in [9.17, 15) is 14.4 Å². The first kappa shape index (κ1) is 19.3. The molecule has 8 heteroatoms. The zero-order chi connectivity index (χ0) is 21.0. The van der Waals surface area contributed by atoms with E-state index in [-0.39, 0.29) is 23.4 Å². The van der Waals surface area contributed by atoms with Gasteiger partial charge in [-0.3, -0.25) is 18.9 Å². The van der Waals surface area contributed by atoms with E-state index in [0.29, 0.717) is 16.2 Å². The van der Waals surface area contributed by atoms with Crippen LogP contribution in [0.4, 0.5) is 4.79 Å². The fourth-order valence-electron chi connectivity index (χ4n) is 3.47. The van der Waals surface area contributed by atoms with Crippen LogP contribution < -0.4 is 10.9 Å². The second-order valence-electron chi connectivity index (χ2n) is 8.42. The van der Waals surface area contributed by atoms with Crippen LogP contribution >= 0.6 is 11.3 Å². The highest BCUT2D eigenvalue weighted by Crippen LogP contribution is 2.31. The van der Waals surface area contributed by atoms with Crippen LogP contribution in [0.25, 0.3) is 4.96 Å². The van der Waals surface area contributed by atoms with E-state index in [1.807, 2.05) is 24.3 Å². The zero-order valence-electron chi connectivity index (χ0n) is 16.7. The average Bonchev–Trinajstić information content (AvgIpc) is 3.21. The zero-order valence-corrected chi connectivity index (χ0v) is 17.5. The minimum absolute atomic E-state index is 0.00540. The predicted molar refractivity (Wildman–Crippen MR) is 111 cm³/mol. The molecule has 1 saturated heterocycles. The Morgan fingerprint density at radius 1 is 1.14 bits per heavy atom. The number of benzene rings is 1. The number of fused-ring (bicyclic) bond motifs is 1. The average molecular weight is 410 g/mol. The smallest absolute Gasteiger partial charge is 0.319 e. The first-order valence-corrected chi connectivity index (χ1v) is 10.2. The molecule has 0 unspecified atom stereocenters. The van der Waals surface area contributed by atoms with E-state index in [1.165, 1.54) is 21.8 Å². The summed E-state index contributed by atoms with van der Waals surface area (Å²) >= 11 is 1.32. The molecule has 0 bridgehead atoms. The lowest BCUT2D eigenvalue weighted by atomic mass is 9.84. The van der Waals surface area contributed by atoms with Gasteiger partial charge in [-0.1, -0.05) is 45.0 Å². The van der Waals surface area contributed by atoms with Gasteiger partial charge in [0, 0.05) is 17.6 Å². The highest BCUT2D eigenvalue weighted by Gasteiger charge is 2.49. The Hall–Kier alpha value is -3.00. The number of hydrogen-bond acceptors (Lipinski definition) is 5. The number of imide groups is 1. The Kier molecular flexibility index (Phi) is 4.34. The summed E-state index contributed by atoms with van der Waals surface area (Å²) in [6.45, 7) is 8.00. The van der Waals surface area contributed by atoms with Gasteiger partial charge < -0.3 is 5.32 Å². The normalized spacial score (nSPS) is 19.8. The van der Waals surface area contributed by atoms with Gasteiger partial charge in [0.1, 0.15) is 5.54 Å². The van der Waals surface area contributed by atoms with Crippen LogP contribution in [0, 0.1) is 0 Å². The molecule has 1 aliphatic rings. The van der Waals surface area contributed by atoms with Gasteiger partial charge in [-0.15, -0.1) is 11.3 Å². The van der Waals surface area contributed by atoms with Gasteiger partial charge >= 0.3 is 6.03 Å². The van der Waals surface area contributed by atoms with Crippen LogP contribution in [0.2, 0.25) is 0 Å². The Morgan fingerprint density at radius 3 is 2.48 bits per heavy atom. The Bertz CT molecular complexity index is 1170. The number of amides is 3. The SMILES string of the molecule is CC(C)(C)c1ccc([C@]2(C)NC(=O)N(Cc3cc(=O)n4ccsc4n3)C2=O)cc1. The van der Waals surface area contributed by atoms with E-state index in [4.69, 9.17) is 0 Å². The first-order valence-electron chi connectivity index (χ1n) is 9.30. The molecular weight excluding hydrogens is 388 g/mol. The number of nitrogens with zero attached hydrogens (tertiary/aromatic N) is 3. The highest BCUT2D eigenvalue weighted by molar-refractivity contribution is 7.15. The van der Waals surface area contributed by atoms with E-state index < -0.39 is 11.6 Å². The van der Waals surface area contributed by atoms with Gasteiger partial charge in [-0.05, 0) is 23.5 Å². The van der Waals surface area contributed by atoms with Crippen molar-refractivity contribution < 1.29 is 9.59 Å². The van der Waals surface area contributed by atoms with Gasteiger partial charge in [-0.2, -0.15) is 0 Å². The molecule has 29 heavy (non-hydrogen) atoms. The molecule has 0 spiro atoms. The quantitative estimate of drug-likeness (QED) is 0.673. The van der Waals surface area contributed by atoms with Gasteiger partial charge in [0.25, 0.3) is 11.5 Å². The topological polar surface area (TPSA) is 83.8 Å². The van der Waals surface area contributed by atoms with Crippen molar-refractivity contribution in [3.63, 3.8) is 0 Å². The van der Waals surface area contributed by atoms with E-state index >= 15 is 0 Å². The monoisotopic (exact) mass is 410 g/mol. The van der Waals surface area contributed by atoms with Gasteiger partial charge in [0.15, 0.2) is 4.96 Å². The predicted octanol–water partition coefficient (Wildman–Crippen LogP) is 3.02. The first-order chi connectivity index (χ1) is 13.6. The second kappa shape index (κ2) is 6.52. The van der Waals surface area contributed by atoms with Gasteiger partial charge in [0.05, 0.1) is 12.2 Å². The number of urea groups is 1. The number of carbonyl (C=O) groups is 2. The maximum absolute atomic E-state index is 13.2. The Balaban J connectivity index is 1.63. The maximum atomic E-state index is 13.2. The summed E-state index contributed by atoms with van der Waals surface area (Å²) in [7, 11) is 0. The summed E-state index contributed by atoms with van der Waals surface area (Å²) in [6.07, 6.45) is 1.64. The fourth-order valence-corrected chi connectivity index (χ4v) is 4.21. The molecule has 0 aliphatic carbocycles. The molecule has 150 valence electrons. The minimum atomic E-state index is -1.16. The summed E-state index contributed by atoms with van der Waals surface area (Å²) in [4.78, 5) is 44.0. The fraction of sp³-hybridized carbons (Fsp3) is 0.333. The molecule has 0 radical (unpaired) electrons. The summed E-state index contributed by atoms with van der Waals surface area (Å²) in [5.41, 5.74) is 0.844. The van der Waals surface area contributed by atoms with Crippen molar-refractivity contribution in [2.75, 3.05) is 0 Å². The Labute approximate surface area is 172 Å². The Morgan fingerprint density at radius 2 is 1.83 bits per heavy atom. The summed E-state index contributed by atoms with van der Waals surface area (Å²) in [5.74, 6) is -0.362. The van der Waals surface area contributed by atoms with Gasteiger partial charge in [-0.25, -0.2) is 9.78 Å². The summed E-state index contributed by atoms with van der Waals surface area (Å²) in [5, 5.41) is 4.56. The van der Waals surface area contributed by atoms with Crippen molar-refractivity contribution in [3.05, 3.63) is 69.1 Å². The number of aromatic nitrogens is 2. The number of thiazole rings is 1. The third kappa shape index (κ3) is 3.23. The molecule has 1 N–H and O–H groups in total. The molecule has 3 heterocycles. The summed E-state index contributed by atoms with van der Waals surface area (Å²) < 4.78 is 1.43. The van der Waals surface area contributed by atoms with Crippen LogP contribution in [-0.4, -0.2) is 26.2 Å². The van der Waals surface area contributed by atoms with Crippen LogP contribution in [0.15, 0.2) is 46.7 Å².